The van der Waals surface area contributed by atoms with Crippen LogP contribution in [0.4, 0.5) is 5.69 Å². The van der Waals surface area contributed by atoms with E-state index in [4.69, 9.17) is 0 Å². The van der Waals surface area contributed by atoms with Crippen molar-refractivity contribution in [2.24, 2.45) is 5.10 Å². The average molecular weight is 1050 g/mol. The fourth-order valence-corrected chi connectivity index (χ4v) is 7.55. The first kappa shape index (κ1) is 62.1. The number of amides is 4. The van der Waals surface area contributed by atoms with Crippen LogP contribution < -0.4 is 232 Å². The molecule has 63 heavy (non-hydrogen) atoms. The molecule has 0 bridgehead atoms. The van der Waals surface area contributed by atoms with Crippen molar-refractivity contribution in [1.29, 1.82) is 0 Å². The zero-order valence-electron chi connectivity index (χ0n) is 33.7. The molecule has 1 aromatic heterocycles. The summed E-state index contributed by atoms with van der Waals surface area (Å²) in [6, 6.07) is 5.70. The second-order valence-electron chi connectivity index (χ2n) is 11.5. The van der Waals surface area contributed by atoms with E-state index in [2.05, 4.69) is 39.6 Å². The van der Waals surface area contributed by atoms with Gasteiger partial charge in [0.25, 0.3) is 17.7 Å². The molecule has 24 nitrogen and oxygen atoms in total. The molecule has 0 atom stereocenters. The molecule has 314 valence electrons. The molecule has 0 radical (unpaired) electrons. The molecule has 0 saturated carbocycles. The minimum absolute atomic E-state index is 0. The van der Waals surface area contributed by atoms with Crippen LogP contribution >= 0.6 is 24.1 Å². The number of hydrogen-bond donors (Lipinski definition) is 3. The molecule has 0 spiro atoms. The van der Waals surface area contributed by atoms with Crippen molar-refractivity contribution in [1.82, 2.24) is 25.3 Å². The summed E-state index contributed by atoms with van der Waals surface area (Å²) in [4.78, 5) is 52.2. The van der Waals surface area contributed by atoms with Crippen LogP contribution in [0.3, 0.4) is 0 Å². The number of hydrogen-bond acceptors (Lipinski definition) is 21. The maximum Gasteiger partial charge on any atom is 1.00 e. The van der Waals surface area contributed by atoms with Gasteiger partial charge in [-0.3, -0.25) is 29.3 Å². The summed E-state index contributed by atoms with van der Waals surface area (Å²) in [5.74, 6) is -4.32. The van der Waals surface area contributed by atoms with Crippen molar-refractivity contribution in [3.05, 3.63) is 77.2 Å². The van der Waals surface area contributed by atoms with Gasteiger partial charge >= 0.3 is 206 Å². The number of carbonyl (C=O) groups is 4. The van der Waals surface area contributed by atoms with Gasteiger partial charge < -0.3 is 40.3 Å². The van der Waals surface area contributed by atoms with Crippen LogP contribution in [0.15, 0.2) is 90.6 Å². The Kier molecular flexibility index (Phi) is 27.6. The number of rotatable bonds is 16. The van der Waals surface area contributed by atoms with E-state index in [9.17, 15) is 60.7 Å². The van der Waals surface area contributed by atoms with Gasteiger partial charge in [0, 0.05) is 42.5 Å². The van der Waals surface area contributed by atoms with Crippen LogP contribution in [0.1, 0.15) is 28.9 Å². The largest absolute Gasteiger partial charge is 1.00 e. The molecule has 1 saturated heterocycles. The van der Waals surface area contributed by atoms with E-state index in [1.54, 1.807) is 0 Å². The molecule has 2 aromatic carbocycles. The molecule has 3 aromatic rings. The standard InChI is InChI=1S/C31H29N7O17S4.4K/c1-32-28(40)26-19(30(42)37(34-26)21-14-17(56-54-52-44)7-11-23(21)58(46,47)48)9-5-16(36-13-3-4-25(36)39)6-10-20-27(29(41)33-2)35-38(31(20)43)22-15-18(57-55-53-45)8-12-24(22)59(49,50)51;;;;/h5-12,14-15,42,44-45H,3-4,13H2,1-2H3,(H,32,40)(H,33,41)(H,46,47,48)(H,49,50,51);;;;/q;4*+1/p-4/b9-5-,16-6+,20-10-;;;;. The van der Waals surface area contributed by atoms with E-state index in [1.165, 1.54) is 31.1 Å². The van der Waals surface area contributed by atoms with Crippen LogP contribution in [0.5, 0.6) is 5.88 Å². The van der Waals surface area contributed by atoms with Crippen molar-refractivity contribution < 1.29 is 285 Å². The van der Waals surface area contributed by atoms with Gasteiger partial charge in [0.1, 0.15) is 20.2 Å². The summed E-state index contributed by atoms with van der Waals surface area (Å²) in [5, 5.41) is 51.7. The van der Waals surface area contributed by atoms with Crippen LogP contribution in [0.2, 0.25) is 0 Å². The second kappa shape index (κ2) is 28.0. The van der Waals surface area contributed by atoms with E-state index >= 15 is 0 Å². The molecule has 1 fully saturated rings. The summed E-state index contributed by atoms with van der Waals surface area (Å²) in [7, 11) is -8.13. The monoisotopic (exact) mass is 1050 g/mol. The molecular weight excluding hydrogens is 1030 g/mol. The number of carbonyl (C=O) groups excluding carboxylic acids is 4. The van der Waals surface area contributed by atoms with E-state index in [-0.39, 0.29) is 240 Å². The summed E-state index contributed by atoms with van der Waals surface area (Å²) in [6.45, 7) is 0.122. The van der Waals surface area contributed by atoms with Crippen molar-refractivity contribution in [2.75, 3.05) is 25.6 Å². The van der Waals surface area contributed by atoms with Crippen molar-refractivity contribution in [3.8, 4) is 11.6 Å². The Labute approximate surface area is 536 Å². The Hall–Kier alpha value is 1.05. The van der Waals surface area contributed by atoms with Crippen molar-refractivity contribution >= 4 is 85.4 Å². The van der Waals surface area contributed by atoms with E-state index in [1.807, 2.05) is 0 Å². The van der Waals surface area contributed by atoms with Crippen molar-refractivity contribution in [3.63, 3.8) is 0 Å². The smallest absolute Gasteiger partial charge is 0.744 e. The van der Waals surface area contributed by atoms with Gasteiger partial charge in [-0.25, -0.2) is 16.8 Å². The van der Waals surface area contributed by atoms with Gasteiger partial charge in [0.05, 0.1) is 56.4 Å². The van der Waals surface area contributed by atoms with Gasteiger partial charge in [0.15, 0.2) is 11.4 Å². The van der Waals surface area contributed by atoms with E-state index in [0.29, 0.717) is 40.2 Å². The van der Waals surface area contributed by atoms with Gasteiger partial charge in [-0.1, -0.05) is 0 Å². The van der Waals surface area contributed by atoms with Gasteiger partial charge in [-0.15, -0.1) is 0 Å². The number of nitrogens with zero attached hydrogens (tertiary/aromatic N) is 5. The molecule has 0 aliphatic carbocycles. The van der Waals surface area contributed by atoms with E-state index < -0.39 is 87.9 Å². The quantitative estimate of drug-likeness (QED) is 0.0228. The molecular formula is C31H25K4N7O17S4. The maximum atomic E-state index is 13.9. The fourth-order valence-electron chi connectivity index (χ4n) is 5.50. The Morgan fingerprint density at radius 2 is 1.40 bits per heavy atom. The third kappa shape index (κ3) is 15.5. The van der Waals surface area contributed by atoms with Crippen LogP contribution in [0.25, 0.3) is 11.8 Å². The summed E-state index contributed by atoms with van der Waals surface area (Å²) in [5.41, 5.74) is -3.20. The number of hydrazone groups is 1. The number of nitrogens with one attached hydrogen (secondary N) is 2. The molecule has 3 heterocycles. The first-order valence-electron chi connectivity index (χ1n) is 16.0. The predicted molar refractivity (Wildman–Crippen MR) is 192 cm³/mol. The molecule has 2 aliphatic heterocycles. The third-order valence-corrected chi connectivity index (χ3v) is 11.0. The van der Waals surface area contributed by atoms with Crippen LogP contribution in [-0.4, -0.2) is 95.7 Å². The van der Waals surface area contributed by atoms with Gasteiger partial charge in [-0.2, -0.15) is 28.6 Å². The number of aromatic nitrogens is 2. The topological polar surface area (TPSA) is 347 Å². The fraction of sp³-hybridized carbons (Fsp3) is 0.161. The molecule has 2 aliphatic rings. The van der Waals surface area contributed by atoms with Crippen LogP contribution in [-0.2, 0) is 53.4 Å². The number of benzene rings is 2. The third-order valence-electron chi connectivity index (χ3n) is 8.06. The normalized spacial score (nSPS) is 14.8. The molecule has 5 rings (SSSR count). The predicted octanol–water partition coefficient (Wildman–Crippen LogP) is -13.2. The Morgan fingerprint density at radius 1 is 0.857 bits per heavy atom. The van der Waals surface area contributed by atoms with E-state index in [0.717, 1.165) is 48.6 Å². The van der Waals surface area contributed by atoms with Gasteiger partial charge in [-0.05, 0) is 67.1 Å². The first-order chi connectivity index (χ1) is 27.9. The minimum atomic E-state index is -5.28. The molecule has 3 N–H and O–H groups in total. The molecule has 0 unspecified atom stereocenters. The number of anilines is 1. The Balaban J connectivity index is 0.00000496. The maximum absolute atomic E-state index is 13.9. The number of aromatic hydroxyl groups is 1. The zero-order chi connectivity index (χ0) is 43.2. The molecule has 32 heteroatoms. The average Bonchev–Trinajstić information content (AvgIpc) is 3.88. The SMILES string of the molecule is CNC(=O)C1=NN(c2cc(SOO[O-])ccc2S(=O)(=O)[O-])C(=O)\C1=C/C=C(\C=C/c1c(C(=O)NC)nn(-c2cc(SOO[O-])ccc2S(=O)(=O)[O-])c1O)N1CCCC1=O.[K+].[K+].[K+].[K+]. The Morgan fingerprint density at radius 3 is 1.89 bits per heavy atom. The summed E-state index contributed by atoms with van der Waals surface area (Å²) in [6.07, 6.45) is 4.96. The Bertz CT molecular complexity index is 2580. The zero-order valence-corrected chi connectivity index (χ0v) is 49.5. The summed E-state index contributed by atoms with van der Waals surface area (Å²) < 4.78 is 82.1. The first-order valence-corrected chi connectivity index (χ1v) is 20.3. The van der Waals surface area contributed by atoms with Gasteiger partial charge in [0.2, 0.25) is 11.8 Å². The molecule has 4 amide bonds. The van der Waals surface area contributed by atoms with Crippen molar-refractivity contribution in [2.45, 2.75) is 32.4 Å². The number of allylic oxidation sites excluding steroid dienone is 3. The summed E-state index contributed by atoms with van der Waals surface area (Å²) >= 11 is 0.600. The second-order valence-corrected chi connectivity index (χ2v) is 15.7. The number of likely N-dealkylation sites (tertiary alicyclic amines) is 1. The van der Waals surface area contributed by atoms with Crippen LogP contribution in [0, 0.1) is 0 Å². The minimum Gasteiger partial charge on any atom is -0.744 e.